The molecule has 49 heavy (non-hydrogen) atoms. The summed E-state index contributed by atoms with van der Waals surface area (Å²) in [5.41, 5.74) is 10.4. The highest BCUT2D eigenvalue weighted by Crippen LogP contribution is 2.40. The predicted octanol–water partition coefficient (Wildman–Crippen LogP) is 10.7. The van der Waals surface area contributed by atoms with Gasteiger partial charge in [-0.25, -0.2) is 4.98 Å². The molecule has 0 atom stereocenters. The van der Waals surface area contributed by atoms with Gasteiger partial charge in [0.2, 0.25) is 0 Å². The molecule has 1 aliphatic rings. The fourth-order valence-electron chi connectivity index (χ4n) is 6.89. The van der Waals surface area contributed by atoms with Gasteiger partial charge in [-0.3, -0.25) is 14.5 Å². The molecule has 0 amide bonds. The molecule has 0 unspecified atom stereocenters. The number of hydrogen-bond acceptors (Lipinski definition) is 4. The largest absolute Gasteiger partial charge is 0.336 e. The van der Waals surface area contributed by atoms with E-state index >= 15 is 0 Å². The van der Waals surface area contributed by atoms with Gasteiger partial charge in [-0.1, -0.05) is 85.5 Å². The maximum atomic E-state index is 5.14. The molecule has 0 saturated carbocycles. The summed E-state index contributed by atoms with van der Waals surface area (Å²) in [6, 6.07) is 42.6. The van der Waals surface area contributed by atoms with E-state index in [1.165, 1.54) is 10.8 Å². The summed E-state index contributed by atoms with van der Waals surface area (Å²) in [7, 11) is 0. The smallest absolute Gasteiger partial charge is 0.138 e. The number of benzene rings is 4. The van der Waals surface area contributed by atoms with E-state index < -0.39 is 0 Å². The Morgan fingerprint density at radius 3 is 2.31 bits per heavy atom. The first kappa shape index (κ1) is 28.6. The lowest BCUT2D eigenvalue weighted by Crippen LogP contribution is -2.18. The monoisotopic (exact) mass is 629 g/mol. The molecule has 4 aromatic heterocycles. The molecule has 5 heteroatoms. The summed E-state index contributed by atoms with van der Waals surface area (Å²) in [5.74, 6) is 0.874. The van der Waals surface area contributed by atoms with Crippen LogP contribution in [0.15, 0.2) is 171 Å². The van der Waals surface area contributed by atoms with Crippen LogP contribution in [0, 0.1) is 0 Å². The molecule has 0 saturated heterocycles. The van der Waals surface area contributed by atoms with Crippen LogP contribution in [-0.4, -0.2) is 26.1 Å². The van der Waals surface area contributed by atoms with Crippen LogP contribution >= 0.6 is 0 Å². The lowest BCUT2D eigenvalue weighted by atomic mass is 9.97. The maximum absolute atomic E-state index is 5.14. The van der Waals surface area contributed by atoms with Crippen LogP contribution in [0.4, 0.5) is 11.4 Å². The summed E-state index contributed by atoms with van der Waals surface area (Å²) in [5, 5.41) is 4.67. The molecule has 4 aromatic carbocycles. The summed E-state index contributed by atoms with van der Waals surface area (Å²) in [6.07, 6.45) is 14.0. The van der Waals surface area contributed by atoms with Gasteiger partial charge in [-0.15, -0.1) is 0 Å². The van der Waals surface area contributed by atoms with Crippen molar-refractivity contribution < 1.29 is 0 Å². The zero-order valence-electron chi connectivity index (χ0n) is 26.7. The minimum atomic E-state index is 0.698. The Balaban J connectivity index is 1.23. The highest BCUT2D eigenvalue weighted by molar-refractivity contribution is 6.14. The molecular weight excluding hydrogens is 599 g/mol. The van der Waals surface area contributed by atoms with Crippen LogP contribution in [0.25, 0.3) is 66.5 Å². The zero-order valence-corrected chi connectivity index (χ0v) is 26.7. The number of hydrogen-bond donors (Lipinski definition) is 0. The Kier molecular flexibility index (Phi) is 6.95. The topological polar surface area (TPSA) is 46.8 Å². The molecule has 0 N–H and O–H groups in total. The number of nitrogens with zero attached hydrogens (tertiary/aromatic N) is 5. The van der Waals surface area contributed by atoms with Crippen LogP contribution in [-0.2, 0) is 0 Å². The van der Waals surface area contributed by atoms with Gasteiger partial charge in [0.1, 0.15) is 5.82 Å². The summed E-state index contributed by atoms with van der Waals surface area (Å²) in [4.78, 5) is 16.5. The van der Waals surface area contributed by atoms with Crippen molar-refractivity contribution in [3.05, 3.63) is 176 Å². The first-order valence-electron chi connectivity index (χ1n) is 16.4. The van der Waals surface area contributed by atoms with Crippen molar-refractivity contribution in [1.82, 2.24) is 19.5 Å². The molecule has 0 aliphatic carbocycles. The third kappa shape index (κ3) is 5.09. The minimum Gasteiger partial charge on any atom is -0.336 e. The Bertz CT molecular complexity index is 2580. The van der Waals surface area contributed by atoms with Crippen LogP contribution < -0.4 is 4.90 Å². The van der Waals surface area contributed by atoms with E-state index in [0.29, 0.717) is 6.54 Å². The molecule has 0 fully saturated rings. The lowest BCUT2D eigenvalue weighted by Gasteiger charge is -2.27. The van der Waals surface area contributed by atoms with Crippen molar-refractivity contribution in [2.75, 3.05) is 11.4 Å². The van der Waals surface area contributed by atoms with Crippen molar-refractivity contribution in [2.45, 2.75) is 0 Å². The molecule has 9 rings (SSSR count). The van der Waals surface area contributed by atoms with Crippen LogP contribution in [0.5, 0.6) is 0 Å². The third-order valence-electron chi connectivity index (χ3n) is 9.28. The quantitative estimate of drug-likeness (QED) is 0.194. The molecule has 1 aliphatic heterocycles. The Morgan fingerprint density at radius 1 is 0.633 bits per heavy atom. The third-order valence-corrected chi connectivity index (χ3v) is 9.28. The van der Waals surface area contributed by atoms with E-state index in [1.807, 2.05) is 42.6 Å². The fraction of sp³-hybridized carbons (Fsp3) is 0.0227. The van der Waals surface area contributed by atoms with Crippen molar-refractivity contribution >= 4 is 49.5 Å². The highest BCUT2D eigenvalue weighted by atomic mass is 15.1. The molecule has 5 heterocycles. The molecular formula is C44H31N5. The van der Waals surface area contributed by atoms with Crippen molar-refractivity contribution in [3.63, 3.8) is 0 Å². The molecule has 0 bridgehead atoms. The Hall–Kier alpha value is -6.59. The van der Waals surface area contributed by atoms with Crippen LogP contribution in [0.1, 0.15) is 5.56 Å². The second kappa shape index (κ2) is 11.9. The second-order valence-corrected chi connectivity index (χ2v) is 12.2. The maximum Gasteiger partial charge on any atom is 0.138 e. The highest BCUT2D eigenvalue weighted by Gasteiger charge is 2.19. The van der Waals surface area contributed by atoms with E-state index in [1.54, 1.807) is 12.4 Å². The molecule has 8 aromatic rings. The van der Waals surface area contributed by atoms with Gasteiger partial charge >= 0.3 is 0 Å². The average Bonchev–Trinajstić information content (AvgIpc) is 3.51. The Labute approximate surface area is 284 Å². The summed E-state index contributed by atoms with van der Waals surface area (Å²) in [6.45, 7) is 5.20. The van der Waals surface area contributed by atoms with Crippen molar-refractivity contribution in [1.29, 1.82) is 0 Å². The fourth-order valence-corrected chi connectivity index (χ4v) is 6.89. The standard InChI is InChI=1S/C44H31N5/c1-30-11-4-3-9-24-48(35-18-19-39(46-29-35)31-12-5-2-6-13-31)42-27-34-26-38-36-14-7-8-16-41(36)49(43(38)28-33(34)25-37(30)42)44-17-10-15-40(47-44)32-20-22-45-23-21-32/h2-23,25-29H,1,24H2/b9-3-,11-4-. The van der Waals surface area contributed by atoms with Crippen molar-refractivity contribution in [2.24, 2.45) is 0 Å². The minimum absolute atomic E-state index is 0.698. The summed E-state index contributed by atoms with van der Waals surface area (Å²) < 4.78 is 2.28. The van der Waals surface area contributed by atoms with Crippen LogP contribution in [0.3, 0.4) is 0 Å². The number of allylic oxidation sites excluding steroid dienone is 4. The number of pyridine rings is 3. The van der Waals surface area contributed by atoms with Gasteiger partial charge in [0.15, 0.2) is 0 Å². The second-order valence-electron chi connectivity index (χ2n) is 12.2. The Morgan fingerprint density at radius 2 is 1.45 bits per heavy atom. The first-order chi connectivity index (χ1) is 24.2. The number of aromatic nitrogens is 4. The first-order valence-corrected chi connectivity index (χ1v) is 16.4. The lowest BCUT2D eigenvalue weighted by molar-refractivity contribution is 1.08. The SMILES string of the molecule is C=C1/C=C\C=C/CN(c2ccc(-c3ccccc3)nc2)c2cc3cc4c5ccccc5n(-c5cccc(-c6ccncc6)n5)c4cc3cc21. The van der Waals surface area contributed by atoms with Crippen LogP contribution in [0.2, 0.25) is 0 Å². The van der Waals surface area contributed by atoms with E-state index in [0.717, 1.165) is 72.6 Å². The molecule has 232 valence electrons. The summed E-state index contributed by atoms with van der Waals surface area (Å²) >= 11 is 0. The number of fused-ring (bicyclic) bond motifs is 5. The molecule has 5 nitrogen and oxygen atoms in total. The average molecular weight is 630 g/mol. The number of anilines is 2. The molecule has 0 spiro atoms. The zero-order chi connectivity index (χ0) is 32.7. The van der Waals surface area contributed by atoms with E-state index in [-0.39, 0.29) is 0 Å². The predicted molar refractivity (Wildman–Crippen MR) is 203 cm³/mol. The van der Waals surface area contributed by atoms with Gasteiger partial charge < -0.3 is 4.90 Å². The van der Waals surface area contributed by atoms with Crippen molar-refractivity contribution in [3.8, 4) is 28.3 Å². The van der Waals surface area contributed by atoms with Gasteiger partial charge in [-0.2, -0.15) is 0 Å². The number of para-hydroxylation sites is 1. The molecule has 0 radical (unpaired) electrons. The number of rotatable bonds is 4. The normalized spacial score (nSPS) is 14.4. The van der Waals surface area contributed by atoms with E-state index in [9.17, 15) is 0 Å². The van der Waals surface area contributed by atoms with Gasteiger partial charge in [0, 0.05) is 52.1 Å². The van der Waals surface area contributed by atoms with E-state index in [2.05, 4.69) is 130 Å². The van der Waals surface area contributed by atoms with Gasteiger partial charge in [0.05, 0.1) is 34.3 Å². The van der Waals surface area contributed by atoms with Gasteiger partial charge in [0.25, 0.3) is 0 Å². The van der Waals surface area contributed by atoms with Gasteiger partial charge in [-0.05, 0) is 83.1 Å². The van der Waals surface area contributed by atoms with E-state index in [4.69, 9.17) is 9.97 Å².